The number of likely N-dealkylation sites (N-methyl/N-ethyl adjacent to an activating group) is 1. The van der Waals surface area contributed by atoms with Gasteiger partial charge in [0, 0.05) is 6.04 Å². The largest absolute Gasteiger partial charge is 0.416 e. The average molecular weight is 273 g/mol. The van der Waals surface area contributed by atoms with Crippen LogP contribution in [0.5, 0.6) is 0 Å². The first-order chi connectivity index (χ1) is 8.88. The van der Waals surface area contributed by atoms with E-state index in [1.807, 2.05) is 6.92 Å². The molecule has 2 unspecified atom stereocenters. The van der Waals surface area contributed by atoms with E-state index in [9.17, 15) is 13.2 Å². The summed E-state index contributed by atoms with van der Waals surface area (Å²) < 4.78 is 38.0. The maximum absolute atomic E-state index is 12.7. The molecule has 1 nitrogen and oxygen atoms in total. The van der Waals surface area contributed by atoms with Gasteiger partial charge in [0.25, 0.3) is 0 Å². The summed E-state index contributed by atoms with van der Waals surface area (Å²) in [6.07, 6.45) is -2.62. The molecule has 0 aliphatic rings. The van der Waals surface area contributed by atoms with Gasteiger partial charge >= 0.3 is 6.18 Å². The second-order valence-electron chi connectivity index (χ2n) is 4.95. The molecule has 1 aromatic rings. The number of nitrogens with one attached hydrogen (secondary N) is 1. The third-order valence-electron chi connectivity index (χ3n) is 3.51. The van der Waals surface area contributed by atoms with Crippen LogP contribution in [0.4, 0.5) is 13.2 Å². The molecule has 1 rings (SSSR count). The molecule has 0 fully saturated rings. The van der Waals surface area contributed by atoms with Crippen LogP contribution in [0, 0.1) is 5.92 Å². The Balaban J connectivity index is 2.85. The van der Waals surface area contributed by atoms with Gasteiger partial charge in [0.1, 0.15) is 0 Å². The Morgan fingerprint density at radius 2 is 1.89 bits per heavy atom. The highest BCUT2D eigenvalue weighted by Crippen LogP contribution is 2.30. The van der Waals surface area contributed by atoms with E-state index in [0.717, 1.165) is 24.6 Å². The van der Waals surface area contributed by atoms with E-state index < -0.39 is 11.7 Å². The molecular weight excluding hydrogens is 251 g/mol. The van der Waals surface area contributed by atoms with Crippen molar-refractivity contribution in [1.82, 2.24) is 5.32 Å². The van der Waals surface area contributed by atoms with Crippen molar-refractivity contribution in [1.29, 1.82) is 0 Å². The highest BCUT2D eigenvalue weighted by Gasteiger charge is 2.30. The molecule has 2 atom stereocenters. The van der Waals surface area contributed by atoms with Crippen LogP contribution >= 0.6 is 0 Å². The summed E-state index contributed by atoms with van der Waals surface area (Å²) in [7, 11) is 0. The molecular formula is C15H22F3N. The van der Waals surface area contributed by atoms with Gasteiger partial charge in [-0.15, -0.1) is 0 Å². The smallest absolute Gasteiger partial charge is 0.314 e. The predicted octanol–water partition coefficient (Wildman–Crippen LogP) is 4.27. The minimum Gasteiger partial charge on any atom is -0.314 e. The van der Waals surface area contributed by atoms with Crippen molar-refractivity contribution in [3.8, 4) is 0 Å². The minimum atomic E-state index is -4.26. The van der Waals surface area contributed by atoms with Crippen LogP contribution in [0.3, 0.4) is 0 Å². The Hall–Kier alpha value is -1.03. The second kappa shape index (κ2) is 6.94. The van der Waals surface area contributed by atoms with Gasteiger partial charge < -0.3 is 5.32 Å². The fourth-order valence-electron chi connectivity index (χ4n) is 2.15. The Labute approximate surface area is 113 Å². The SMILES string of the molecule is CCNC(Cc1cccc(C(F)(F)F)c1)C(C)CC. The van der Waals surface area contributed by atoms with Crippen LogP contribution < -0.4 is 5.32 Å². The summed E-state index contributed by atoms with van der Waals surface area (Å²) >= 11 is 0. The van der Waals surface area contributed by atoms with E-state index in [0.29, 0.717) is 12.3 Å². The highest BCUT2D eigenvalue weighted by atomic mass is 19.4. The van der Waals surface area contributed by atoms with Crippen LogP contribution in [-0.4, -0.2) is 12.6 Å². The molecule has 19 heavy (non-hydrogen) atoms. The van der Waals surface area contributed by atoms with E-state index in [-0.39, 0.29) is 6.04 Å². The number of benzene rings is 1. The van der Waals surface area contributed by atoms with Crippen molar-refractivity contribution in [3.05, 3.63) is 35.4 Å². The lowest BCUT2D eigenvalue weighted by Crippen LogP contribution is -2.36. The maximum atomic E-state index is 12.7. The van der Waals surface area contributed by atoms with Gasteiger partial charge in [0.2, 0.25) is 0 Å². The van der Waals surface area contributed by atoms with Crippen LogP contribution in [0.2, 0.25) is 0 Å². The monoisotopic (exact) mass is 273 g/mol. The zero-order chi connectivity index (χ0) is 14.5. The minimum absolute atomic E-state index is 0.221. The lowest BCUT2D eigenvalue weighted by atomic mass is 9.92. The van der Waals surface area contributed by atoms with E-state index >= 15 is 0 Å². The summed E-state index contributed by atoms with van der Waals surface area (Å²) in [5, 5.41) is 3.36. The first kappa shape index (κ1) is 16.0. The number of alkyl halides is 3. The average Bonchev–Trinajstić information content (AvgIpc) is 2.36. The van der Waals surface area contributed by atoms with Crippen molar-refractivity contribution in [2.75, 3.05) is 6.54 Å². The molecule has 108 valence electrons. The van der Waals surface area contributed by atoms with Crippen molar-refractivity contribution in [2.45, 2.75) is 45.8 Å². The molecule has 1 N–H and O–H groups in total. The van der Waals surface area contributed by atoms with Gasteiger partial charge in [-0.1, -0.05) is 45.4 Å². The zero-order valence-corrected chi connectivity index (χ0v) is 11.7. The molecule has 0 radical (unpaired) electrons. The van der Waals surface area contributed by atoms with Crippen LogP contribution in [0.1, 0.15) is 38.3 Å². The van der Waals surface area contributed by atoms with Gasteiger partial charge in [-0.05, 0) is 30.5 Å². The zero-order valence-electron chi connectivity index (χ0n) is 11.7. The van der Waals surface area contributed by atoms with Gasteiger partial charge in [-0.3, -0.25) is 0 Å². The molecule has 0 amide bonds. The van der Waals surface area contributed by atoms with Crippen molar-refractivity contribution < 1.29 is 13.2 Å². The second-order valence-corrected chi connectivity index (χ2v) is 4.95. The van der Waals surface area contributed by atoms with Gasteiger partial charge in [-0.25, -0.2) is 0 Å². The molecule has 0 saturated heterocycles. The fourth-order valence-corrected chi connectivity index (χ4v) is 2.15. The van der Waals surface area contributed by atoms with Crippen molar-refractivity contribution in [2.24, 2.45) is 5.92 Å². The number of hydrogen-bond acceptors (Lipinski definition) is 1. The third-order valence-corrected chi connectivity index (χ3v) is 3.51. The standard InChI is InChI=1S/C15H22F3N/c1-4-11(3)14(19-5-2)10-12-7-6-8-13(9-12)15(16,17)18/h6-9,11,14,19H,4-5,10H2,1-3H3. The molecule has 0 spiro atoms. The Morgan fingerprint density at radius 3 is 2.42 bits per heavy atom. The lowest BCUT2D eigenvalue weighted by molar-refractivity contribution is -0.137. The van der Waals surface area contributed by atoms with E-state index in [1.54, 1.807) is 6.07 Å². The first-order valence-electron chi connectivity index (χ1n) is 6.78. The van der Waals surface area contributed by atoms with Gasteiger partial charge in [0.05, 0.1) is 5.56 Å². The predicted molar refractivity (Wildman–Crippen MR) is 72.1 cm³/mol. The Morgan fingerprint density at radius 1 is 1.21 bits per heavy atom. The molecule has 4 heteroatoms. The van der Waals surface area contributed by atoms with Crippen molar-refractivity contribution >= 4 is 0 Å². The van der Waals surface area contributed by atoms with E-state index in [4.69, 9.17) is 0 Å². The lowest BCUT2D eigenvalue weighted by Gasteiger charge is -2.24. The van der Waals surface area contributed by atoms with E-state index in [2.05, 4.69) is 19.2 Å². The Kier molecular flexibility index (Phi) is 5.85. The number of halogens is 3. The molecule has 0 saturated carbocycles. The summed E-state index contributed by atoms with van der Waals surface area (Å²) in [5.74, 6) is 0.439. The summed E-state index contributed by atoms with van der Waals surface area (Å²) in [6.45, 7) is 7.07. The van der Waals surface area contributed by atoms with Gasteiger partial charge in [0.15, 0.2) is 0 Å². The molecule has 1 aromatic carbocycles. The van der Waals surface area contributed by atoms with Crippen LogP contribution in [0.25, 0.3) is 0 Å². The first-order valence-corrected chi connectivity index (χ1v) is 6.78. The topological polar surface area (TPSA) is 12.0 Å². The van der Waals surface area contributed by atoms with Crippen LogP contribution in [-0.2, 0) is 12.6 Å². The fraction of sp³-hybridized carbons (Fsp3) is 0.600. The molecule has 0 aliphatic heterocycles. The number of hydrogen-bond donors (Lipinski definition) is 1. The maximum Gasteiger partial charge on any atom is 0.416 e. The Bertz CT molecular complexity index is 387. The third kappa shape index (κ3) is 4.86. The molecule has 0 heterocycles. The normalized spacial score (nSPS) is 15.3. The molecule has 0 aromatic heterocycles. The highest BCUT2D eigenvalue weighted by molar-refractivity contribution is 5.26. The number of rotatable bonds is 6. The molecule has 0 aliphatic carbocycles. The van der Waals surface area contributed by atoms with E-state index in [1.165, 1.54) is 12.1 Å². The summed E-state index contributed by atoms with van der Waals surface area (Å²) in [5.41, 5.74) is 0.172. The summed E-state index contributed by atoms with van der Waals surface area (Å²) in [4.78, 5) is 0. The van der Waals surface area contributed by atoms with Crippen molar-refractivity contribution in [3.63, 3.8) is 0 Å². The van der Waals surface area contributed by atoms with Gasteiger partial charge in [-0.2, -0.15) is 13.2 Å². The van der Waals surface area contributed by atoms with Crippen LogP contribution in [0.15, 0.2) is 24.3 Å². The quantitative estimate of drug-likeness (QED) is 0.816. The molecule has 0 bridgehead atoms. The summed E-state index contributed by atoms with van der Waals surface area (Å²) in [6, 6.07) is 5.85.